The van der Waals surface area contributed by atoms with E-state index in [2.05, 4.69) is 20.2 Å². The van der Waals surface area contributed by atoms with Gasteiger partial charge >= 0.3 is 0 Å². The Hall–Kier alpha value is -3.81. The number of nitrogens with zero attached hydrogens (tertiary/aromatic N) is 5. The summed E-state index contributed by atoms with van der Waals surface area (Å²) in [6, 6.07) is 13.6. The topological polar surface area (TPSA) is 75.4 Å². The number of halogens is 1. The van der Waals surface area contributed by atoms with Crippen molar-refractivity contribution in [2.75, 3.05) is 11.4 Å². The van der Waals surface area contributed by atoms with Crippen molar-refractivity contribution in [2.45, 2.75) is 25.4 Å². The summed E-state index contributed by atoms with van der Waals surface area (Å²) >= 11 is 0. The first kappa shape index (κ1) is 19.2. The molecule has 0 unspecified atom stereocenters. The average molecular weight is 416 g/mol. The number of benzene rings is 1. The number of imidazole rings is 1. The maximum Gasteiger partial charge on any atom is 0.272 e. The minimum atomic E-state index is -0.302. The number of amides is 1. The molecule has 0 aliphatic carbocycles. The van der Waals surface area contributed by atoms with Crippen LogP contribution in [0.4, 0.5) is 10.3 Å². The highest BCUT2D eigenvalue weighted by molar-refractivity contribution is 5.99. The standard InChI is InChI=1S/C23H21FN6O/c24-17-9-7-16(8-10-17)15-27-22(31)20-18-5-1-2-13-29(18)21(28-20)19-6-3-14-30(19)23-25-11-4-12-26-23/h1-2,4-5,7-13,19H,3,6,14-15H2,(H,27,31)/t19-/m1/s1. The van der Waals surface area contributed by atoms with E-state index in [-0.39, 0.29) is 17.8 Å². The monoisotopic (exact) mass is 416 g/mol. The summed E-state index contributed by atoms with van der Waals surface area (Å²) in [6.07, 6.45) is 7.29. The number of carbonyl (C=O) groups excluding carboxylic acids is 1. The summed E-state index contributed by atoms with van der Waals surface area (Å²) in [6.45, 7) is 1.14. The van der Waals surface area contributed by atoms with Gasteiger partial charge in [0.1, 0.15) is 11.6 Å². The van der Waals surface area contributed by atoms with E-state index in [0.29, 0.717) is 18.2 Å². The molecule has 7 nitrogen and oxygen atoms in total. The molecule has 4 heterocycles. The zero-order chi connectivity index (χ0) is 21.2. The number of nitrogens with one attached hydrogen (secondary N) is 1. The third kappa shape index (κ3) is 3.72. The number of rotatable bonds is 5. The summed E-state index contributed by atoms with van der Waals surface area (Å²) in [5.41, 5.74) is 1.94. The second kappa shape index (κ2) is 8.14. The molecule has 4 aromatic rings. The number of hydrogen-bond acceptors (Lipinski definition) is 5. The van der Waals surface area contributed by atoms with Crippen LogP contribution in [0.3, 0.4) is 0 Å². The van der Waals surface area contributed by atoms with E-state index in [0.717, 1.165) is 36.3 Å². The summed E-state index contributed by atoms with van der Waals surface area (Å²) in [4.78, 5) is 28.7. The lowest BCUT2D eigenvalue weighted by molar-refractivity contribution is 0.0948. The third-order valence-electron chi connectivity index (χ3n) is 5.52. The molecule has 0 spiro atoms. The Morgan fingerprint density at radius 1 is 1.10 bits per heavy atom. The van der Waals surface area contributed by atoms with Crippen molar-refractivity contribution in [2.24, 2.45) is 0 Å². The van der Waals surface area contributed by atoms with Crippen LogP contribution in [0.25, 0.3) is 5.52 Å². The molecule has 1 saturated heterocycles. The predicted molar refractivity (Wildman–Crippen MR) is 114 cm³/mol. The Morgan fingerprint density at radius 2 is 1.90 bits per heavy atom. The molecule has 8 heteroatoms. The fourth-order valence-corrected chi connectivity index (χ4v) is 4.05. The van der Waals surface area contributed by atoms with E-state index >= 15 is 0 Å². The van der Waals surface area contributed by atoms with Gasteiger partial charge in [0.2, 0.25) is 5.95 Å². The van der Waals surface area contributed by atoms with Crippen LogP contribution in [0.15, 0.2) is 67.1 Å². The van der Waals surface area contributed by atoms with Crippen LogP contribution in [0.1, 0.15) is 40.8 Å². The molecule has 1 aromatic carbocycles. The lowest BCUT2D eigenvalue weighted by Crippen LogP contribution is -2.26. The summed E-state index contributed by atoms with van der Waals surface area (Å²) in [5, 5.41) is 2.90. The highest BCUT2D eigenvalue weighted by atomic mass is 19.1. The van der Waals surface area contributed by atoms with Crippen molar-refractivity contribution in [3.63, 3.8) is 0 Å². The maximum atomic E-state index is 13.1. The first-order chi connectivity index (χ1) is 15.2. The minimum Gasteiger partial charge on any atom is -0.347 e. The van der Waals surface area contributed by atoms with Gasteiger partial charge in [0, 0.05) is 31.7 Å². The van der Waals surface area contributed by atoms with E-state index in [9.17, 15) is 9.18 Å². The molecule has 3 aromatic heterocycles. The number of hydrogen-bond donors (Lipinski definition) is 1. The van der Waals surface area contributed by atoms with Gasteiger partial charge in [-0.2, -0.15) is 0 Å². The van der Waals surface area contributed by atoms with Crippen LogP contribution in [-0.4, -0.2) is 31.8 Å². The Labute approximate surface area is 178 Å². The van der Waals surface area contributed by atoms with Gasteiger partial charge in [0.15, 0.2) is 5.69 Å². The normalized spacial score (nSPS) is 16.0. The van der Waals surface area contributed by atoms with Gasteiger partial charge in [-0.15, -0.1) is 0 Å². The number of aromatic nitrogens is 4. The Morgan fingerprint density at radius 3 is 2.71 bits per heavy atom. The van der Waals surface area contributed by atoms with Crippen LogP contribution in [-0.2, 0) is 6.54 Å². The predicted octanol–water partition coefficient (Wildman–Crippen LogP) is 3.53. The Balaban J connectivity index is 1.45. The van der Waals surface area contributed by atoms with Gasteiger partial charge in [-0.3, -0.25) is 4.79 Å². The molecule has 1 aliphatic rings. The van der Waals surface area contributed by atoms with Gasteiger partial charge in [0.25, 0.3) is 5.91 Å². The van der Waals surface area contributed by atoms with Crippen molar-refractivity contribution in [1.29, 1.82) is 0 Å². The second-order valence-corrected chi connectivity index (χ2v) is 7.48. The molecule has 156 valence electrons. The Kier molecular flexibility index (Phi) is 5.03. The third-order valence-corrected chi connectivity index (χ3v) is 5.52. The SMILES string of the molecule is O=C(NCc1ccc(F)cc1)c1nc([C@H]2CCCN2c2ncccn2)n2ccccc12. The van der Waals surface area contributed by atoms with E-state index in [1.54, 1.807) is 30.6 Å². The van der Waals surface area contributed by atoms with Crippen LogP contribution in [0.2, 0.25) is 0 Å². The zero-order valence-electron chi connectivity index (χ0n) is 16.8. The van der Waals surface area contributed by atoms with Crippen molar-refractivity contribution in [3.05, 3.63) is 90.0 Å². The minimum absolute atomic E-state index is 0.0176. The lowest BCUT2D eigenvalue weighted by atomic mass is 10.2. The average Bonchev–Trinajstić information content (AvgIpc) is 3.44. The molecule has 1 fully saturated rings. The van der Waals surface area contributed by atoms with Crippen molar-refractivity contribution in [3.8, 4) is 0 Å². The van der Waals surface area contributed by atoms with Gasteiger partial charge in [0.05, 0.1) is 11.6 Å². The summed E-state index contributed by atoms with van der Waals surface area (Å²) in [7, 11) is 0. The largest absolute Gasteiger partial charge is 0.347 e. The van der Waals surface area contributed by atoms with Crippen molar-refractivity contribution in [1.82, 2.24) is 24.7 Å². The fraction of sp³-hybridized carbons (Fsp3) is 0.217. The van der Waals surface area contributed by atoms with Gasteiger partial charge in [-0.1, -0.05) is 18.2 Å². The molecule has 0 bridgehead atoms. The van der Waals surface area contributed by atoms with E-state index in [4.69, 9.17) is 4.98 Å². The fourth-order valence-electron chi connectivity index (χ4n) is 4.05. The van der Waals surface area contributed by atoms with Gasteiger partial charge in [-0.05, 0) is 48.7 Å². The molecule has 1 atom stereocenters. The molecule has 1 N–H and O–H groups in total. The molecular weight excluding hydrogens is 395 g/mol. The summed E-state index contributed by atoms with van der Waals surface area (Å²) < 4.78 is 15.1. The van der Waals surface area contributed by atoms with Crippen LogP contribution in [0.5, 0.6) is 0 Å². The molecule has 31 heavy (non-hydrogen) atoms. The molecule has 1 amide bonds. The second-order valence-electron chi connectivity index (χ2n) is 7.48. The van der Waals surface area contributed by atoms with E-state index in [1.165, 1.54) is 12.1 Å². The molecular formula is C23H21FN6O. The van der Waals surface area contributed by atoms with E-state index in [1.807, 2.05) is 28.8 Å². The number of carbonyl (C=O) groups is 1. The van der Waals surface area contributed by atoms with Gasteiger partial charge in [-0.25, -0.2) is 19.3 Å². The van der Waals surface area contributed by atoms with Crippen LogP contribution >= 0.6 is 0 Å². The maximum absolute atomic E-state index is 13.1. The lowest BCUT2D eigenvalue weighted by Gasteiger charge is -2.23. The van der Waals surface area contributed by atoms with Crippen molar-refractivity contribution >= 4 is 17.4 Å². The van der Waals surface area contributed by atoms with Crippen molar-refractivity contribution < 1.29 is 9.18 Å². The van der Waals surface area contributed by atoms with Crippen LogP contribution < -0.4 is 10.2 Å². The Bertz CT molecular complexity index is 1210. The number of pyridine rings is 1. The number of fused-ring (bicyclic) bond motifs is 1. The highest BCUT2D eigenvalue weighted by Crippen LogP contribution is 2.34. The number of anilines is 1. The van der Waals surface area contributed by atoms with E-state index < -0.39 is 0 Å². The first-order valence-electron chi connectivity index (χ1n) is 10.2. The quantitative estimate of drug-likeness (QED) is 0.539. The summed E-state index contributed by atoms with van der Waals surface area (Å²) in [5.74, 6) is 0.899. The molecule has 1 aliphatic heterocycles. The first-order valence-corrected chi connectivity index (χ1v) is 10.2. The smallest absolute Gasteiger partial charge is 0.272 e. The highest BCUT2D eigenvalue weighted by Gasteiger charge is 2.32. The molecule has 5 rings (SSSR count). The molecule has 0 saturated carbocycles. The zero-order valence-corrected chi connectivity index (χ0v) is 16.8. The van der Waals surface area contributed by atoms with Crippen LogP contribution in [0, 0.1) is 5.82 Å². The van der Waals surface area contributed by atoms with Gasteiger partial charge < -0.3 is 14.6 Å². The molecule has 0 radical (unpaired) electrons.